The summed E-state index contributed by atoms with van der Waals surface area (Å²) in [6.45, 7) is 2.56. The van der Waals surface area contributed by atoms with E-state index in [2.05, 4.69) is 29.3 Å². The maximum Gasteiger partial charge on any atom is 0.343 e. The van der Waals surface area contributed by atoms with E-state index < -0.39 is 23.5 Å². The largest absolute Gasteiger partial charge is 0.423 e. The molecular formula is C47H35NO6. The van der Waals surface area contributed by atoms with Crippen LogP contribution in [0.1, 0.15) is 57.7 Å². The molecule has 0 saturated heterocycles. The number of aromatic amines is 1. The van der Waals surface area contributed by atoms with Gasteiger partial charge in [-0.25, -0.2) is 9.59 Å². The minimum atomic E-state index is -0.645. The molecule has 0 radical (unpaired) electrons. The Balaban J connectivity index is 1.06. The molecule has 0 amide bonds. The highest BCUT2D eigenvalue weighted by atomic mass is 16.5. The van der Waals surface area contributed by atoms with E-state index in [1.54, 1.807) is 24.3 Å². The van der Waals surface area contributed by atoms with Gasteiger partial charge in [0.25, 0.3) is 0 Å². The number of Topliss-reactive ketones (excluding diaryl/α,β-unsaturated/α-hetero) is 2. The van der Waals surface area contributed by atoms with Gasteiger partial charge in [-0.15, -0.1) is 0 Å². The van der Waals surface area contributed by atoms with Crippen molar-refractivity contribution in [2.24, 2.45) is 0 Å². The maximum atomic E-state index is 13.3. The van der Waals surface area contributed by atoms with Crippen LogP contribution < -0.4 is 9.47 Å². The van der Waals surface area contributed by atoms with Crippen LogP contribution in [0, 0.1) is 0 Å². The molecule has 1 heterocycles. The molecule has 0 spiro atoms. The zero-order valence-electron chi connectivity index (χ0n) is 29.7. The summed E-state index contributed by atoms with van der Waals surface area (Å²) >= 11 is 0. The van der Waals surface area contributed by atoms with Crippen LogP contribution in [0.3, 0.4) is 0 Å². The third-order valence-corrected chi connectivity index (χ3v) is 9.16. The van der Waals surface area contributed by atoms with Crippen LogP contribution in [-0.2, 0) is 9.59 Å². The van der Waals surface area contributed by atoms with Gasteiger partial charge < -0.3 is 14.5 Å². The van der Waals surface area contributed by atoms with Crippen LogP contribution in [0.25, 0.3) is 39.7 Å². The second-order valence-corrected chi connectivity index (χ2v) is 12.9. The van der Waals surface area contributed by atoms with Crippen molar-refractivity contribution >= 4 is 40.7 Å². The lowest BCUT2D eigenvalue weighted by molar-refractivity contribution is -0.119. The number of hydrogen-bond acceptors (Lipinski definition) is 6. The number of aromatic nitrogens is 1. The van der Waals surface area contributed by atoms with Gasteiger partial charge in [0.15, 0.2) is 11.6 Å². The first kappa shape index (κ1) is 35.3. The van der Waals surface area contributed by atoms with Gasteiger partial charge in [0.2, 0.25) is 0 Å². The van der Waals surface area contributed by atoms with Crippen LogP contribution in [0.15, 0.2) is 157 Å². The van der Waals surface area contributed by atoms with Crippen molar-refractivity contribution in [3.05, 3.63) is 185 Å². The van der Waals surface area contributed by atoms with Gasteiger partial charge >= 0.3 is 11.9 Å². The number of ether oxygens (including phenoxy) is 2. The number of nitrogens with one attached hydrogen (secondary N) is 1. The van der Waals surface area contributed by atoms with Crippen molar-refractivity contribution in [1.82, 2.24) is 4.98 Å². The first-order chi connectivity index (χ1) is 26.2. The fourth-order valence-corrected chi connectivity index (χ4v) is 6.26. The zero-order chi connectivity index (χ0) is 37.6. The molecule has 54 heavy (non-hydrogen) atoms. The topological polar surface area (TPSA) is 103 Å². The van der Waals surface area contributed by atoms with Crippen LogP contribution in [0.2, 0.25) is 0 Å². The highest BCUT2D eigenvalue weighted by molar-refractivity contribution is 6.21. The molecule has 1 N–H and O–H groups in total. The summed E-state index contributed by atoms with van der Waals surface area (Å²) in [5, 5.41) is 0. The van der Waals surface area contributed by atoms with Crippen molar-refractivity contribution in [3.8, 4) is 34.0 Å². The first-order valence-electron chi connectivity index (χ1n) is 17.4. The van der Waals surface area contributed by atoms with Gasteiger partial charge in [-0.1, -0.05) is 97.1 Å². The Labute approximate surface area is 312 Å². The summed E-state index contributed by atoms with van der Waals surface area (Å²) in [6, 6.07) is 42.7. The summed E-state index contributed by atoms with van der Waals surface area (Å²) in [4.78, 5) is 54.7. The lowest BCUT2D eigenvalue weighted by Gasteiger charge is -2.12. The Hall–Kier alpha value is -7.12. The molecule has 5 aromatic carbocycles. The smallest absolute Gasteiger partial charge is 0.343 e. The number of allylic oxidation sites excluding steroid dienone is 5. The highest BCUT2D eigenvalue weighted by Crippen LogP contribution is 2.34. The number of carbonyl (C=O) groups excluding carboxylic acids is 4. The van der Waals surface area contributed by atoms with E-state index >= 15 is 0 Å². The standard InChI is InChI=1S/C47H35NO6/c1-30(49)42(31(2)50)29-40-28-41(53-46(51)36-17-13-33(14-18-36)39-22-21-38(27-39)32-9-5-3-6-10-32)23-26-45(40)54-47(52)37-19-15-35(16-20-37)44-25-24-43(48-44)34-11-7-4-8-12-34/h3-26,28-29,48H,27H2,1-2H3. The molecule has 1 aliphatic rings. The SMILES string of the molecule is CC(=O)C(=Cc1cc(OC(=O)c2ccc(C3=CC=C(c4ccccc4)C3)cc2)ccc1OC(=O)c1ccc(-c2ccc(-c3ccccc3)[nH]2)cc1)C(C)=O. The van der Waals surface area contributed by atoms with Gasteiger partial charge in [0.05, 0.1) is 16.7 Å². The van der Waals surface area contributed by atoms with Crippen molar-refractivity contribution in [1.29, 1.82) is 0 Å². The Bertz CT molecular complexity index is 2450. The van der Waals surface area contributed by atoms with E-state index in [4.69, 9.17) is 9.47 Å². The molecule has 6 aromatic rings. The molecule has 7 nitrogen and oxygen atoms in total. The van der Waals surface area contributed by atoms with Crippen LogP contribution in [0.5, 0.6) is 11.5 Å². The van der Waals surface area contributed by atoms with E-state index in [0.717, 1.165) is 40.1 Å². The summed E-state index contributed by atoms with van der Waals surface area (Å²) in [5.41, 5.74) is 9.14. The molecule has 7 heteroatoms. The number of H-pyrrole nitrogens is 1. The lowest BCUT2D eigenvalue weighted by Crippen LogP contribution is -2.11. The maximum absolute atomic E-state index is 13.3. The van der Waals surface area contributed by atoms with E-state index in [-0.39, 0.29) is 22.6 Å². The second kappa shape index (κ2) is 15.6. The summed E-state index contributed by atoms with van der Waals surface area (Å²) in [7, 11) is 0. The molecule has 0 unspecified atom stereocenters. The first-order valence-corrected chi connectivity index (χ1v) is 17.4. The minimum Gasteiger partial charge on any atom is -0.423 e. The molecular weight excluding hydrogens is 675 g/mol. The average Bonchev–Trinajstić information content (AvgIpc) is 3.90. The van der Waals surface area contributed by atoms with Gasteiger partial charge in [0.1, 0.15) is 11.5 Å². The van der Waals surface area contributed by atoms with Crippen LogP contribution in [-0.4, -0.2) is 28.5 Å². The second-order valence-electron chi connectivity index (χ2n) is 12.9. The lowest BCUT2D eigenvalue weighted by atomic mass is 9.98. The van der Waals surface area contributed by atoms with E-state index in [1.165, 1.54) is 49.3 Å². The number of ketones is 2. The van der Waals surface area contributed by atoms with Crippen molar-refractivity contribution in [2.45, 2.75) is 20.3 Å². The molecule has 7 rings (SSSR count). The number of hydrogen-bond donors (Lipinski definition) is 1. The molecule has 0 atom stereocenters. The van der Waals surface area contributed by atoms with E-state index in [9.17, 15) is 19.2 Å². The highest BCUT2D eigenvalue weighted by Gasteiger charge is 2.18. The molecule has 264 valence electrons. The number of carbonyl (C=O) groups is 4. The van der Waals surface area contributed by atoms with Crippen molar-refractivity contribution < 1.29 is 28.7 Å². The number of esters is 2. The Kier molecular flexibility index (Phi) is 10.2. The molecule has 1 aromatic heterocycles. The number of rotatable bonds is 11. The fraction of sp³-hybridized carbons (Fsp3) is 0.0638. The van der Waals surface area contributed by atoms with E-state index in [0.29, 0.717) is 11.1 Å². The average molecular weight is 710 g/mol. The van der Waals surface area contributed by atoms with E-state index in [1.807, 2.05) is 84.9 Å². The summed E-state index contributed by atoms with van der Waals surface area (Å²) in [5.74, 6) is -1.93. The minimum absolute atomic E-state index is 0.0819. The zero-order valence-corrected chi connectivity index (χ0v) is 29.7. The van der Waals surface area contributed by atoms with Gasteiger partial charge in [-0.3, -0.25) is 9.59 Å². The molecule has 0 aliphatic heterocycles. The summed E-state index contributed by atoms with van der Waals surface area (Å²) in [6.07, 6.45) is 6.34. The van der Waals surface area contributed by atoms with Crippen molar-refractivity contribution in [3.63, 3.8) is 0 Å². The summed E-state index contributed by atoms with van der Waals surface area (Å²) < 4.78 is 11.5. The van der Waals surface area contributed by atoms with Gasteiger partial charge in [-0.05, 0) is 114 Å². The normalized spacial score (nSPS) is 12.0. The number of benzene rings is 5. The van der Waals surface area contributed by atoms with Gasteiger partial charge in [-0.2, -0.15) is 0 Å². The Morgan fingerprint density at radius 1 is 0.537 bits per heavy atom. The predicted molar refractivity (Wildman–Crippen MR) is 211 cm³/mol. The third kappa shape index (κ3) is 8.01. The quantitative estimate of drug-likeness (QED) is 0.0472. The van der Waals surface area contributed by atoms with Crippen LogP contribution >= 0.6 is 0 Å². The monoisotopic (exact) mass is 709 g/mol. The molecule has 1 aliphatic carbocycles. The molecule has 0 fully saturated rings. The third-order valence-electron chi connectivity index (χ3n) is 9.16. The molecule has 0 saturated carbocycles. The van der Waals surface area contributed by atoms with Crippen molar-refractivity contribution in [2.75, 3.05) is 0 Å². The molecule has 0 bridgehead atoms. The van der Waals surface area contributed by atoms with Crippen LogP contribution in [0.4, 0.5) is 0 Å². The fourth-order valence-electron chi connectivity index (χ4n) is 6.26. The predicted octanol–water partition coefficient (Wildman–Crippen LogP) is 10.2. The Morgan fingerprint density at radius 2 is 1.02 bits per heavy atom. The van der Waals surface area contributed by atoms with Gasteiger partial charge in [0, 0.05) is 17.0 Å². The Morgan fingerprint density at radius 3 is 1.57 bits per heavy atom.